The van der Waals surface area contributed by atoms with Gasteiger partial charge in [0, 0.05) is 78.7 Å². The van der Waals surface area contributed by atoms with E-state index >= 15 is 0 Å². The van der Waals surface area contributed by atoms with E-state index in [4.69, 9.17) is 22.1 Å². The van der Waals surface area contributed by atoms with Gasteiger partial charge in [-0.05, 0) is 91.5 Å². The fourth-order valence-electron chi connectivity index (χ4n) is 9.23. The van der Waals surface area contributed by atoms with Crippen LogP contribution in [0.3, 0.4) is 0 Å². The lowest BCUT2D eigenvalue weighted by Crippen LogP contribution is -2.54. The van der Waals surface area contributed by atoms with Gasteiger partial charge in [-0.3, -0.25) is 48.6 Å². The van der Waals surface area contributed by atoms with Crippen molar-refractivity contribution in [2.75, 3.05) is 57.6 Å². The zero-order valence-electron chi connectivity index (χ0n) is 44.5. The number of nitrogens with zero attached hydrogens (tertiary/aromatic N) is 3. The number of piperidine rings is 1. The summed E-state index contributed by atoms with van der Waals surface area (Å²) in [5.74, 6) is -3.46. The molecule has 1 fully saturated rings. The van der Waals surface area contributed by atoms with Crippen molar-refractivity contribution in [2.45, 2.75) is 109 Å². The van der Waals surface area contributed by atoms with E-state index in [0.29, 0.717) is 84.9 Å². The van der Waals surface area contributed by atoms with Gasteiger partial charge in [0.2, 0.25) is 29.5 Å². The standard InChI is InChI=1S/C55H70ClN11O11/c1-34(2)49(63-45(68)10-6-5-7-25-65-47(70)21-22-48(65)71)52(74)62-43(9-8-24-58-54(57)76)50(72)60-39-15-11-35(12-16-39)33-67(3,4)26-28-78-27-23-37-14-17-40(30-42(37)56)61-55(77)59-31-36-13-18-41-38(29-36)32-66(53(41)75)44-19-20-46(69)64-51(44)73/h11-18,21-22,29-30,34,43-44,49H,5-10,19-20,23-28,31-33H2,1-4H3,(H8-,57,58,59,60,61,62,63,64,68,69,72,73,74,76,77)/p+1. The molecule has 0 aromatic heterocycles. The molecular formula is C55H71ClN11O11+. The third-order valence-electron chi connectivity index (χ3n) is 13.6. The highest BCUT2D eigenvalue weighted by Crippen LogP contribution is 2.29. The topological polar surface area (TPSA) is 297 Å². The number of nitrogens with two attached hydrogens (primary N) is 1. The number of urea groups is 2. The molecule has 0 spiro atoms. The van der Waals surface area contributed by atoms with Crippen LogP contribution in [0.2, 0.25) is 5.02 Å². The number of carbonyl (C=O) groups excluding carboxylic acids is 10. The van der Waals surface area contributed by atoms with Crippen molar-refractivity contribution < 1.29 is 57.2 Å². The van der Waals surface area contributed by atoms with E-state index in [1.54, 1.807) is 50.2 Å². The first kappa shape index (κ1) is 59.6. The van der Waals surface area contributed by atoms with Crippen LogP contribution >= 0.6 is 11.6 Å². The van der Waals surface area contributed by atoms with Crippen LogP contribution in [0.4, 0.5) is 21.0 Å². The predicted octanol–water partition coefficient (Wildman–Crippen LogP) is 3.76. The molecule has 3 aromatic carbocycles. The van der Waals surface area contributed by atoms with Gasteiger partial charge in [-0.1, -0.05) is 62.2 Å². The highest BCUT2D eigenvalue weighted by Gasteiger charge is 2.39. The molecule has 0 saturated carbocycles. The number of primary amides is 1. The molecule has 23 heteroatoms. The molecule has 0 aliphatic carbocycles. The normalized spacial score (nSPS) is 15.9. The van der Waals surface area contributed by atoms with Gasteiger partial charge in [0.05, 0.1) is 27.3 Å². The first-order valence-electron chi connectivity index (χ1n) is 26.2. The Morgan fingerprint density at radius 1 is 0.821 bits per heavy atom. The van der Waals surface area contributed by atoms with E-state index in [-0.39, 0.29) is 87.3 Å². The predicted molar refractivity (Wildman–Crippen MR) is 290 cm³/mol. The molecule has 1 saturated heterocycles. The SMILES string of the molecule is CC(C)C(NC(=O)CCCCCN1C(=O)C=CC1=O)C(=O)NC(CCCNC(N)=O)C(=O)Nc1ccc(C[N+](C)(C)CCOCCc2ccc(NC(=O)NCc3ccc4c(c3)CN(C3CCC(=O)NC3=O)C4=O)cc2Cl)cc1. The van der Waals surface area contributed by atoms with Crippen LogP contribution in [0.15, 0.2) is 72.8 Å². The van der Waals surface area contributed by atoms with Gasteiger partial charge in [-0.15, -0.1) is 0 Å². The van der Waals surface area contributed by atoms with E-state index in [9.17, 15) is 47.9 Å². The maximum absolute atomic E-state index is 13.7. The van der Waals surface area contributed by atoms with Crippen LogP contribution in [0.1, 0.15) is 97.8 Å². The summed E-state index contributed by atoms with van der Waals surface area (Å²) in [5.41, 5.74) is 10.1. The number of halogens is 1. The average molecular weight is 1100 g/mol. The summed E-state index contributed by atoms with van der Waals surface area (Å²) in [6.45, 7) is 6.69. The van der Waals surface area contributed by atoms with Gasteiger partial charge in [0.1, 0.15) is 31.2 Å². The maximum atomic E-state index is 13.7. The van der Waals surface area contributed by atoms with Gasteiger partial charge in [0.15, 0.2) is 0 Å². The summed E-state index contributed by atoms with van der Waals surface area (Å²) in [6.07, 6.45) is 5.69. The summed E-state index contributed by atoms with van der Waals surface area (Å²) in [5, 5.41) is 19.4. The number of rotatable bonds is 28. The molecule has 9 N–H and O–H groups in total. The van der Waals surface area contributed by atoms with Crippen molar-refractivity contribution in [1.29, 1.82) is 0 Å². The summed E-state index contributed by atoms with van der Waals surface area (Å²) in [4.78, 5) is 128. The lowest BCUT2D eigenvalue weighted by molar-refractivity contribution is -0.904. The largest absolute Gasteiger partial charge is 0.375 e. The Kier molecular flexibility index (Phi) is 21.4. The number of carbonyl (C=O) groups is 10. The number of likely N-dealkylation sites (N-methyl/N-ethyl adjacent to an activating group) is 1. The molecule has 12 amide bonds. The van der Waals surface area contributed by atoms with E-state index in [0.717, 1.165) is 27.2 Å². The number of benzene rings is 3. The van der Waals surface area contributed by atoms with Gasteiger partial charge >= 0.3 is 12.1 Å². The molecule has 22 nitrogen and oxygen atoms in total. The lowest BCUT2D eigenvalue weighted by Gasteiger charge is -2.30. The second-order valence-electron chi connectivity index (χ2n) is 20.6. The van der Waals surface area contributed by atoms with Gasteiger partial charge < -0.3 is 51.8 Å². The fraction of sp³-hybridized carbons (Fsp3) is 0.455. The van der Waals surface area contributed by atoms with Crippen LogP contribution in [0.25, 0.3) is 0 Å². The highest BCUT2D eigenvalue weighted by molar-refractivity contribution is 6.31. The molecule has 3 unspecified atom stereocenters. The molecule has 3 atom stereocenters. The van der Waals surface area contributed by atoms with Crippen molar-refractivity contribution in [1.82, 2.24) is 36.4 Å². The third kappa shape index (κ3) is 17.7. The van der Waals surface area contributed by atoms with Crippen LogP contribution in [-0.2, 0) is 64.4 Å². The summed E-state index contributed by atoms with van der Waals surface area (Å²) >= 11 is 6.61. The molecule has 3 aromatic rings. The van der Waals surface area contributed by atoms with Crippen LogP contribution in [0.5, 0.6) is 0 Å². The second kappa shape index (κ2) is 28.1. The van der Waals surface area contributed by atoms with E-state index in [1.165, 1.54) is 17.1 Å². The number of imide groups is 2. The van der Waals surface area contributed by atoms with Gasteiger partial charge in [0.25, 0.3) is 17.7 Å². The number of unbranched alkanes of at least 4 members (excludes halogenated alkanes) is 2. The van der Waals surface area contributed by atoms with Gasteiger partial charge in [-0.25, -0.2) is 9.59 Å². The van der Waals surface area contributed by atoms with Crippen LogP contribution in [0, 0.1) is 5.92 Å². The van der Waals surface area contributed by atoms with Crippen molar-refractivity contribution in [3.05, 3.63) is 106 Å². The first-order chi connectivity index (χ1) is 37.2. The monoisotopic (exact) mass is 1100 g/mol. The quantitative estimate of drug-likeness (QED) is 0.0294. The zero-order valence-corrected chi connectivity index (χ0v) is 45.3. The fourth-order valence-corrected chi connectivity index (χ4v) is 9.50. The Morgan fingerprint density at radius 2 is 1.54 bits per heavy atom. The van der Waals surface area contributed by atoms with E-state index < -0.39 is 47.9 Å². The van der Waals surface area contributed by atoms with Crippen molar-refractivity contribution in [3.8, 4) is 0 Å². The Bertz CT molecular complexity index is 2750. The summed E-state index contributed by atoms with van der Waals surface area (Å²) < 4.78 is 6.62. The Labute approximate surface area is 458 Å². The molecule has 6 rings (SSSR count). The number of hydrogen-bond acceptors (Lipinski definition) is 11. The van der Waals surface area contributed by atoms with Crippen molar-refractivity contribution in [3.63, 3.8) is 0 Å². The Hall–Kier alpha value is -7.69. The summed E-state index contributed by atoms with van der Waals surface area (Å²) in [6, 6.07) is 14.1. The van der Waals surface area contributed by atoms with E-state index in [1.807, 2.05) is 24.3 Å². The van der Waals surface area contributed by atoms with Gasteiger partial charge in [-0.2, -0.15) is 0 Å². The first-order valence-corrected chi connectivity index (χ1v) is 26.6. The zero-order chi connectivity index (χ0) is 56.5. The van der Waals surface area contributed by atoms with Crippen molar-refractivity contribution >= 4 is 82.3 Å². The molecule has 0 radical (unpaired) electrons. The van der Waals surface area contributed by atoms with Crippen LogP contribution in [-0.4, -0.2) is 139 Å². The van der Waals surface area contributed by atoms with E-state index in [2.05, 4.69) is 51.3 Å². The number of nitrogens with one attached hydrogen (secondary N) is 7. The molecule has 3 aliphatic rings. The number of fused-ring (bicyclic) bond motifs is 1. The highest BCUT2D eigenvalue weighted by atomic mass is 35.5. The minimum Gasteiger partial charge on any atom is -0.375 e. The minimum absolute atomic E-state index is 0.130. The maximum Gasteiger partial charge on any atom is 0.319 e. The third-order valence-corrected chi connectivity index (χ3v) is 13.9. The average Bonchev–Trinajstić information content (AvgIpc) is 4.01. The molecule has 78 heavy (non-hydrogen) atoms. The van der Waals surface area contributed by atoms with Crippen molar-refractivity contribution in [2.24, 2.45) is 11.7 Å². The number of amides is 12. The number of quaternary nitrogens is 1. The molecule has 3 aliphatic heterocycles. The number of anilines is 2. The Morgan fingerprint density at radius 3 is 2.23 bits per heavy atom. The van der Waals surface area contributed by atoms with Crippen LogP contribution < -0.4 is 43.0 Å². The summed E-state index contributed by atoms with van der Waals surface area (Å²) in [7, 11) is 4.17. The number of hydrogen-bond donors (Lipinski definition) is 8. The second-order valence-corrected chi connectivity index (χ2v) is 21.0. The molecule has 0 bridgehead atoms. The minimum atomic E-state index is -1.01. The lowest BCUT2D eigenvalue weighted by atomic mass is 10.0. The Balaban J connectivity index is 0.894. The molecule has 418 valence electrons. The molecular weight excluding hydrogens is 1030 g/mol. The number of ether oxygens (including phenoxy) is 1. The smallest absolute Gasteiger partial charge is 0.319 e. The molecule has 3 heterocycles.